The van der Waals surface area contributed by atoms with Crippen LogP contribution in [0.3, 0.4) is 0 Å². The normalized spacial score (nSPS) is 16.8. The zero-order valence-electron chi connectivity index (χ0n) is 16.4. The first kappa shape index (κ1) is 20.3. The molecule has 0 atom stereocenters. The number of hydrogen-bond donors (Lipinski definition) is 2. The topological polar surface area (TPSA) is 61.8 Å². The second-order valence-electron chi connectivity index (χ2n) is 8.61. The average molecular weight is 374 g/mol. The molecule has 0 saturated carbocycles. The Hall–Kier alpha value is -2.04. The third kappa shape index (κ3) is 4.37. The minimum atomic E-state index is -0.242. The highest BCUT2D eigenvalue weighted by Gasteiger charge is 2.26. The van der Waals surface area contributed by atoms with Crippen molar-refractivity contribution in [3.63, 3.8) is 0 Å². The van der Waals surface area contributed by atoms with Gasteiger partial charge in [0.15, 0.2) is 0 Å². The summed E-state index contributed by atoms with van der Waals surface area (Å²) in [6, 6.07) is 3.92. The highest BCUT2D eigenvalue weighted by atomic mass is 35.5. The number of hydrogen-bond acceptors (Lipinski definition) is 4. The zero-order chi connectivity index (χ0) is 19.9. The number of benzene rings is 1. The van der Waals surface area contributed by atoms with E-state index in [0.29, 0.717) is 22.0 Å². The van der Waals surface area contributed by atoms with E-state index >= 15 is 0 Å². The summed E-state index contributed by atoms with van der Waals surface area (Å²) < 4.78 is 0. The first-order valence-corrected chi connectivity index (χ1v) is 8.94. The molecule has 140 valence electrons. The Balaban J connectivity index is 2.61. The van der Waals surface area contributed by atoms with Crippen LogP contribution in [-0.4, -0.2) is 10.8 Å². The van der Waals surface area contributed by atoms with Crippen LogP contribution in [-0.2, 0) is 10.8 Å². The van der Waals surface area contributed by atoms with E-state index in [1.54, 1.807) is 18.2 Å². The van der Waals surface area contributed by atoms with Crippen LogP contribution in [0.1, 0.15) is 52.7 Å². The van der Waals surface area contributed by atoms with Crippen molar-refractivity contribution in [1.29, 1.82) is 0 Å². The van der Waals surface area contributed by atoms with E-state index in [0.717, 1.165) is 11.1 Å². The van der Waals surface area contributed by atoms with Gasteiger partial charge in [-0.15, -0.1) is 0 Å². The van der Waals surface area contributed by atoms with Gasteiger partial charge < -0.3 is 5.11 Å². The molecule has 0 aromatic heterocycles. The van der Waals surface area contributed by atoms with E-state index in [-0.39, 0.29) is 16.6 Å². The highest BCUT2D eigenvalue weighted by molar-refractivity contribution is 6.34. The molecule has 0 bridgehead atoms. The lowest BCUT2D eigenvalue weighted by Gasteiger charge is -2.29. The zero-order valence-corrected chi connectivity index (χ0v) is 17.1. The smallest absolute Gasteiger partial charge is 0.146 e. The second-order valence-corrected chi connectivity index (χ2v) is 9.05. The van der Waals surface area contributed by atoms with Gasteiger partial charge >= 0.3 is 0 Å². The molecule has 0 aliphatic heterocycles. The number of nitrogens with zero attached hydrogens (tertiary/aromatic N) is 2. The fraction of sp³-hybridized carbons (Fsp3) is 0.381. The summed E-state index contributed by atoms with van der Waals surface area (Å²) in [6.45, 7) is 16.5. The third-order valence-electron chi connectivity index (χ3n) is 4.27. The van der Waals surface area contributed by atoms with Crippen molar-refractivity contribution in [2.75, 3.05) is 5.12 Å². The predicted octanol–water partition coefficient (Wildman–Crippen LogP) is 5.27. The van der Waals surface area contributed by atoms with Crippen LogP contribution in [0.2, 0.25) is 0 Å². The Labute approximate surface area is 161 Å². The molecule has 0 saturated heterocycles. The largest absolute Gasteiger partial charge is 0.505 e. The molecule has 0 amide bonds. The molecule has 2 rings (SSSR count). The molecule has 26 heavy (non-hydrogen) atoms. The van der Waals surface area contributed by atoms with Gasteiger partial charge in [0.05, 0.1) is 5.71 Å². The minimum Gasteiger partial charge on any atom is -0.505 e. The number of anilines is 1. The van der Waals surface area contributed by atoms with Gasteiger partial charge in [-0.05, 0) is 40.2 Å². The quantitative estimate of drug-likeness (QED) is 0.548. The number of hydrazone groups is 1. The fourth-order valence-corrected chi connectivity index (χ4v) is 2.76. The summed E-state index contributed by atoms with van der Waals surface area (Å²) in [7, 11) is 0. The van der Waals surface area contributed by atoms with E-state index in [1.165, 1.54) is 5.12 Å². The number of rotatable bonds is 2. The summed E-state index contributed by atoms with van der Waals surface area (Å²) >= 11 is 6.05. The molecule has 4 nitrogen and oxygen atoms in total. The van der Waals surface area contributed by atoms with Gasteiger partial charge in [0.2, 0.25) is 0 Å². The molecule has 0 spiro atoms. The molecule has 0 unspecified atom stereocenters. The maximum Gasteiger partial charge on any atom is 0.146 e. The number of allylic oxidation sites excluding steroid dienone is 5. The van der Waals surface area contributed by atoms with E-state index in [4.69, 9.17) is 17.4 Å². The van der Waals surface area contributed by atoms with Gasteiger partial charge in [0, 0.05) is 10.6 Å². The van der Waals surface area contributed by atoms with E-state index in [9.17, 15) is 5.11 Å². The van der Waals surface area contributed by atoms with Crippen molar-refractivity contribution in [1.82, 2.24) is 0 Å². The molecule has 3 N–H and O–H groups in total. The van der Waals surface area contributed by atoms with Crippen LogP contribution in [0.4, 0.5) is 5.69 Å². The van der Waals surface area contributed by atoms with Crippen molar-refractivity contribution in [2.24, 2.45) is 10.9 Å². The molecule has 1 aromatic rings. The minimum absolute atomic E-state index is 0.100. The Morgan fingerprint density at radius 1 is 1.08 bits per heavy atom. The van der Waals surface area contributed by atoms with Crippen LogP contribution in [0, 0.1) is 0 Å². The number of nitrogens with two attached hydrogens (primary N) is 1. The van der Waals surface area contributed by atoms with Gasteiger partial charge in [-0.1, -0.05) is 71.9 Å². The van der Waals surface area contributed by atoms with Crippen molar-refractivity contribution >= 4 is 23.0 Å². The molecular formula is C21H28ClN3O. The van der Waals surface area contributed by atoms with Crippen molar-refractivity contribution in [2.45, 2.75) is 52.4 Å². The van der Waals surface area contributed by atoms with Crippen LogP contribution in [0.25, 0.3) is 0 Å². The van der Waals surface area contributed by atoms with Crippen molar-refractivity contribution in [3.05, 3.63) is 58.7 Å². The molecule has 0 radical (unpaired) electrons. The van der Waals surface area contributed by atoms with Crippen LogP contribution < -0.4 is 11.0 Å². The average Bonchev–Trinajstić information content (AvgIpc) is 2.48. The summed E-state index contributed by atoms with van der Waals surface area (Å²) in [6.07, 6.45) is 5.22. The van der Waals surface area contributed by atoms with Gasteiger partial charge in [-0.3, -0.25) is 0 Å². The van der Waals surface area contributed by atoms with Gasteiger partial charge in [0.25, 0.3) is 0 Å². The van der Waals surface area contributed by atoms with E-state index in [1.807, 2.05) is 12.1 Å². The van der Waals surface area contributed by atoms with Crippen molar-refractivity contribution < 1.29 is 5.11 Å². The lowest BCUT2D eigenvalue weighted by Crippen LogP contribution is -2.28. The molecule has 5 heteroatoms. The maximum atomic E-state index is 10.9. The number of phenols is 1. The van der Waals surface area contributed by atoms with Gasteiger partial charge in [-0.2, -0.15) is 10.2 Å². The number of halogens is 1. The van der Waals surface area contributed by atoms with Gasteiger partial charge in [0.1, 0.15) is 11.4 Å². The second kappa shape index (κ2) is 6.93. The predicted molar refractivity (Wildman–Crippen MR) is 112 cm³/mol. The van der Waals surface area contributed by atoms with E-state index in [2.05, 4.69) is 53.2 Å². The SMILES string of the molecule is C=C1C=CC(Cl)=C/C1=N/N(N)c1cc(C(C)(C)C)cc(C(C)(C)C)c1O. The first-order chi connectivity index (χ1) is 11.8. The number of phenolic OH excluding ortho intramolecular Hbond substituents is 1. The Bertz CT molecular complexity index is 821. The monoisotopic (exact) mass is 373 g/mol. The van der Waals surface area contributed by atoms with Crippen LogP contribution in [0.5, 0.6) is 5.75 Å². The summed E-state index contributed by atoms with van der Waals surface area (Å²) in [5, 5.41) is 17.0. The van der Waals surface area contributed by atoms with E-state index < -0.39 is 0 Å². The lowest BCUT2D eigenvalue weighted by atomic mass is 9.79. The molecule has 0 heterocycles. The van der Waals surface area contributed by atoms with Crippen LogP contribution in [0.15, 0.2) is 52.6 Å². The fourth-order valence-electron chi connectivity index (χ4n) is 2.60. The third-order valence-corrected chi connectivity index (χ3v) is 4.51. The molecule has 1 aliphatic carbocycles. The molecule has 1 aromatic carbocycles. The highest BCUT2D eigenvalue weighted by Crippen LogP contribution is 2.41. The summed E-state index contributed by atoms with van der Waals surface area (Å²) in [5.41, 5.74) is 3.26. The lowest BCUT2D eigenvalue weighted by molar-refractivity contribution is 0.444. The number of hydrazine groups is 1. The summed E-state index contributed by atoms with van der Waals surface area (Å²) in [4.78, 5) is 0. The first-order valence-electron chi connectivity index (χ1n) is 8.56. The molecule has 0 fully saturated rings. The Kier molecular flexibility index (Phi) is 5.41. The maximum absolute atomic E-state index is 10.9. The number of aromatic hydroxyl groups is 1. The van der Waals surface area contributed by atoms with Crippen LogP contribution >= 0.6 is 11.6 Å². The molecular weight excluding hydrogens is 346 g/mol. The standard InChI is InChI=1S/C21H28ClN3O/c1-13-8-9-15(22)12-17(13)24-25(23)18-11-14(20(2,3)4)10-16(19(18)26)21(5,6)7/h8-12,26H,1,23H2,2-7H3/b24-17-. The summed E-state index contributed by atoms with van der Waals surface area (Å²) in [5.74, 6) is 6.34. The molecule has 1 aliphatic rings. The Morgan fingerprint density at radius 3 is 2.23 bits per heavy atom. The van der Waals surface area contributed by atoms with Gasteiger partial charge in [-0.25, -0.2) is 5.84 Å². The Morgan fingerprint density at radius 2 is 1.69 bits per heavy atom. The van der Waals surface area contributed by atoms with Crippen molar-refractivity contribution in [3.8, 4) is 5.75 Å².